The van der Waals surface area contributed by atoms with E-state index in [0.29, 0.717) is 13.1 Å². The molecule has 0 spiro atoms. The fourth-order valence-corrected chi connectivity index (χ4v) is 1.01. The van der Waals surface area contributed by atoms with Crippen LogP contribution in [0, 0.1) is 0 Å². The molecule has 78 valence electrons. The standard InChI is InChI=1S/C9H20N2O2/c1-3-5-10-9(13)8-11(4-2)6-7-12/h12H,3-8H2,1-2H3,(H,10,13). The zero-order valence-corrected chi connectivity index (χ0v) is 8.55. The summed E-state index contributed by atoms with van der Waals surface area (Å²) in [5.41, 5.74) is 0. The van der Waals surface area contributed by atoms with Crippen LogP contribution >= 0.6 is 0 Å². The predicted molar refractivity (Wildman–Crippen MR) is 52.5 cm³/mol. The summed E-state index contributed by atoms with van der Waals surface area (Å²) in [6, 6.07) is 0. The van der Waals surface area contributed by atoms with Crippen molar-refractivity contribution in [3.05, 3.63) is 0 Å². The molecule has 4 nitrogen and oxygen atoms in total. The largest absolute Gasteiger partial charge is 0.395 e. The van der Waals surface area contributed by atoms with Gasteiger partial charge < -0.3 is 10.4 Å². The van der Waals surface area contributed by atoms with Gasteiger partial charge in [-0.15, -0.1) is 0 Å². The lowest BCUT2D eigenvalue weighted by atomic mass is 10.4. The number of likely N-dealkylation sites (N-methyl/N-ethyl adjacent to an activating group) is 1. The number of hydrogen-bond acceptors (Lipinski definition) is 3. The summed E-state index contributed by atoms with van der Waals surface area (Å²) in [7, 11) is 0. The van der Waals surface area contributed by atoms with Crippen LogP contribution < -0.4 is 5.32 Å². The molecule has 0 atom stereocenters. The number of carbonyl (C=O) groups excluding carboxylic acids is 1. The molecule has 0 saturated heterocycles. The molecule has 0 unspecified atom stereocenters. The molecule has 0 aliphatic carbocycles. The smallest absolute Gasteiger partial charge is 0.234 e. The number of nitrogens with one attached hydrogen (secondary N) is 1. The van der Waals surface area contributed by atoms with Crippen molar-refractivity contribution in [1.29, 1.82) is 0 Å². The van der Waals surface area contributed by atoms with E-state index >= 15 is 0 Å². The van der Waals surface area contributed by atoms with Gasteiger partial charge in [0.05, 0.1) is 13.2 Å². The normalized spacial score (nSPS) is 10.5. The molecule has 4 heteroatoms. The zero-order chi connectivity index (χ0) is 10.1. The van der Waals surface area contributed by atoms with Crippen LogP contribution in [-0.4, -0.2) is 48.7 Å². The lowest BCUT2D eigenvalue weighted by Gasteiger charge is -2.18. The second-order valence-electron chi connectivity index (χ2n) is 2.94. The van der Waals surface area contributed by atoms with Crippen LogP contribution in [0.15, 0.2) is 0 Å². The van der Waals surface area contributed by atoms with E-state index < -0.39 is 0 Å². The molecule has 0 aliphatic heterocycles. The van der Waals surface area contributed by atoms with Gasteiger partial charge in [-0.2, -0.15) is 0 Å². The molecule has 2 N–H and O–H groups in total. The molecule has 0 bridgehead atoms. The molecule has 13 heavy (non-hydrogen) atoms. The van der Waals surface area contributed by atoms with Crippen molar-refractivity contribution in [3.8, 4) is 0 Å². The van der Waals surface area contributed by atoms with Gasteiger partial charge in [-0.05, 0) is 13.0 Å². The first kappa shape index (κ1) is 12.4. The third-order valence-corrected chi connectivity index (χ3v) is 1.80. The number of rotatable bonds is 7. The Bertz CT molecular complexity index is 140. The average molecular weight is 188 g/mol. The van der Waals surface area contributed by atoms with Gasteiger partial charge in [0.15, 0.2) is 0 Å². The molecule has 0 aromatic rings. The highest BCUT2D eigenvalue weighted by Crippen LogP contribution is 1.86. The Kier molecular flexibility index (Phi) is 7.63. The molecule has 0 heterocycles. The van der Waals surface area contributed by atoms with E-state index in [4.69, 9.17) is 5.11 Å². The third kappa shape index (κ3) is 6.54. The van der Waals surface area contributed by atoms with Gasteiger partial charge in [0, 0.05) is 13.1 Å². The van der Waals surface area contributed by atoms with Gasteiger partial charge in [-0.3, -0.25) is 9.69 Å². The topological polar surface area (TPSA) is 52.6 Å². The van der Waals surface area contributed by atoms with E-state index in [2.05, 4.69) is 5.32 Å². The fourth-order valence-electron chi connectivity index (χ4n) is 1.01. The SMILES string of the molecule is CCCNC(=O)CN(CC)CCO. The molecule has 1 amide bonds. The van der Waals surface area contributed by atoms with Crippen molar-refractivity contribution in [2.24, 2.45) is 0 Å². The van der Waals surface area contributed by atoms with Crippen molar-refractivity contribution in [2.45, 2.75) is 20.3 Å². The first-order chi connectivity index (χ1) is 6.24. The summed E-state index contributed by atoms with van der Waals surface area (Å²) in [6.07, 6.45) is 0.956. The molecule has 0 radical (unpaired) electrons. The van der Waals surface area contributed by atoms with Crippen LogP contribution in [0.1, 0.15) is 20.3 Å². The zero-order valence-electron chi connectivity index (χ0n) is 8.55. The average Bonchev–Trinajstić information content (AvgIpc) is 2.14. The number of aliphatic hydroxyl groups excluding tert-OH is 1. The summed E-state index contributed by atoms with van der Waals surface area (Å²) < 4.78 is 0. The van der Waals surface area contributed by atoms with Gasteiger partial charge >= 0.3 is 0 Å². The molecule has 0 aromatic heterocycles. The van der Waals surface area contributed by atoms with Crippen molar-refractivity contribution in [2.75, 3.05) is 32.8 Å². The summed E-state index contributed by atoms with van der Waals surface area (Å²) >= 11 is 0. The number of hydrogen-bond donors (Lipinski definition) is 2. The Morgan fingerprint density at radius 1 is 1.46 bits per heavy atom. The minimum absolute atomic E-state index is 0.0390. The van der Waals surface area contributed by atoms with Crippen molar-refractivity contribution >= 4 is 5.91 Å². The van der Waals surface area contributed by atoms with Crippen LogP contribution in [0.3, 0.4) is 0 Å². The molecule has 0 aliphatic rings. The number of aliphatic hydroxyl groups is 1. The van der Waals surface area contributed by atoms with Crippen molar-refractivity contribution < 1.29 is 9.90 Å². The Morgan fingerprint density at radius 2 is 2.15 bits per heavy atom. The van der Waals surface area contributed by atoms with Crippen LogP contribution in [0.2, 0.25) is 0 Å². The van der Waals surface area contributed by atoms with Gasteiger partial charge in [-0.25, -0.2) is 0 Å². The maximum absolute atomic E-state index is 11.2. The third-order valence-electron chi connectivity index (χ3n) is 1.80. The maximum Gasteiger partial charge on any atom is 0.234 e. The summed E-state index contributed by atoms with van der Waals surface area (Å²) in [5.74, 6) is 0.0390. The fraction of sp³-hybridized carbons (Fsp3) is 0.889. The van der Waals surface area contributed by atoms with Gasteiger partial charge in [0.25, 0.3) is 0 Å². The Labute approximate surface area is 79.9 Å². The van der Waals surface area contributed by atoms with Crippen LogP contribution in [0.25, 0.3) is 0 Å². The quantitative estimate of drug-likeness (QED) is 0.583. The van der Waals surface area contributed by atoms with E-state index in [1.807, 2.05) is 18.7 Å². The summed E-state index contributed by atoms with van der Waals surface area (Å²) in [5, 5.41) is 11.5. The highest BCUT2D eigenvalue weighted by molar-refractivity contribution is 5.77. The molecule has 0 aromatic carbocycles. The number of amides is 1. The van der Waals surface area contributed by atoms with E-state index in [0.717, 1.165) is 19.5 Å². The van der Waals surface area contributed by atoms with Gasteiger partial charge in [-0.1, -0.05) is 13.8 Å². The second-order valence-corrected chi connectivity index (χ2v) is 2.94. The first-order valence-electron chi connectivity index (χ1n) is 4.84. The molecular weight excluding hydrogens is 168 g/mol. The minimum atomic E-state index is 0.0390. The lowest BCUT2D eigenvalue weighted by molar-refractivity contribution is -0.122. The number of nitrogens with zero attached hydrogens (tertiary/aromatic N) is 1. The van der Waals surface area contributed by atoms with Crippen molar-refractivity contribution in [1.82, 2.24) is 10.2 Å². The molecule has 0 rings (SSSR count). The highest BCUT2D eigenvalue weighted by atomic mass is 16.3. The monoisotopic (exact) mass is 188 g/mol. The first-order valence-corrected chi connectivity index (χ1v) is 4.84. The Morgan fingerprint density at radius 3 is 2.62 bits per heavy atom. The molecule has 0 fully saturated rings. The lowest BCUT2D eigenvalue weighted by Crippen LogP contribution is -2.38. The predicted octanol–water partition coefficient (Wildman–Crippen LogP) is -0.173. The number of carbonyl (C=O) groups is 1. The molecular formula is C9H20N2O2. The van der Waals surface area contributed by atoms with Gasteiger partial charge in [0.2, 0.25) is 5.91 Å². The van der Waals surface area contributed by atoms with E-state index in [9.17, 15) is 4.79 Å². The van der Waals surface area contributed by atoms with E-state index in [1.54, 1.807) is 0 Å². The van der Waals surface area contributed by atoms with Gasteiger partial charge in [0.1, 0.15) is 0 Å². The van der Waals surface area contributed by atoms with Crippen LogP contribution in [0.5, 0.6) is 0 Å². The molecule has 0 saturated carbocycles. The minimum Gasteiger partial charge on any atom is -0.395 e. The van der Waals surface area contributed by atoms with Crippen LogP contribution in [-0.2, 0) is 4.79 Å². The Balaban J connectivity index is 3.60. The van der Waals surface area contributed by atoms with Crippen molar-refractivity contribution in [3.63, 3.8) is 0 Å². The summed E-state index contributed by atoms with van der Waals surface area (Å²) in [6.45, 7) is 6.58. The van der Waals surface area contributed by atoms with E-state index in [-0.39, 0.29) is 12.5 Å². The van der Waals surface area contributed by atoms with Crippen LogP contribution in [0.4, 0.5) is 0 Å². The van der Waals surface area contributed by atoms with E-state index in [1.165, 1.54) is 0 Å². The Hall–Kier alpha value is -0.610. The maximum atomic E-state index is 11.2. The second kappa shape index (κ2) is 8.01. The highest BCUT2D eigenvalue weighted by Gasteiger charge is 2.06. The summed E-state index contributed by atoms with van der Waals surface area (Å²) in [4.78, 5) is 13.1.